The van der Waals surface area contributed by atoms with E-state index in [-0.39, 0.29) is 17.0 Å². The zero-order chi connectivity index (χ0) is 7.68. The van der Waals surface area contributed by atoms with Gasteiger partial charge in [0.1, 0.15) is 0 Å². The standard InChI is InChI=1S/C7H6N2S2.BrH/c8-7-9-5(4-11-7)6-2-1-3-10-6;/h1-4H,(H2,8,9);1H. The van der Waals surface area contributed by atoms with Crippen molar-refractivity contribution >= 4 is 44.8 Å². The van der Waals surface area contributed by atoms with E-state index >= 15 is 0 Å². The number of halogens is 1. The van der Waals surface area contributed by atoms with Crippen LogP contribution in [0, 0.1) is 0 Å². The highest BCUT2D eigenvalue weighted by atomic mass is 79.9. The van der Waals surface area contributed by atoms with E-state index in [1.807, 2.05) is 22.9 Å². The summed E-state index contributed by atoms with van der Waals surface area (Å²) in [7, 11) is 0. The highest BCUT2D eigenvalue weighted by Gasteiger charge is 2.01. The van der Waals surface area contributed by atoms with E-state index in [1.54, 1.807) is 11.3 Å². The number of rotatable bonds is 1. The number of hydrogen-bond acceptors (Lipinski definition) is 4. The van der Waals surface area contributed by atoms with Gasteiger partial charge in [-0.2, -0.15) is 0 Å². The van der Waals surface area contributed by atoms with Crippen molar-refractivity contribution in [1.29, 1.82) is 0 Å². The van der Waals surface area contributed by atoms with Crippen LogP contribution in [0.4, 0.5) is 5.13 Å². The second-order valence-electron chi connectivity index (χ2n) is 2.05. The maximum atomic E-state index is 5.50. The maximum absolute atomic E-state index is 5.50. The highest BCUT2D eigenvalue weighted by molar-refractivity contribution is 8.93. The molecule has 0 aliphatic rings. The van der Waals surface area contributed by atoms with Crippen molar-refractivity contribution in [2.24, 2.45) is 0 Å². The molecule has 0 fully saturated rings. The van der Waals surface area contributed by atoms with Crippen molar-refractivity contribution in [3.05, 3.63) is 22.9 Å². The first-order chi connectivity index (χ1) is 5.36. The molecule has 2 heterocycles. The van der Waals surface area contributed by atoms with Crippen molar-refractivity contribution in [2.45, 2.75) is 0 Å². The van der Waals surface area contributed by atoms with Gasteiger partial charge in [0.05, 0.1) is 10.6 Å². The Balaban J connectivity index is 0.000000720. The zero-order valence-electron chi connectivity index (χ0n) is 6.06. The van der Waals surface area contributed by atoms with Gasteiger partial charge in [0.15, 0.2) is 5.13 Å². The predicted octanol–water partition coefficient (Wildman–Crippen LogP) is 3.03. The Hall–Kier alpha value is -0.390. The molecule has 0 saturated heterocycles. The fraction of sp³-hybridized carbons (Fsp3) is 0. The average molecular weight is 263 g/mol. The number of thiophene rings is 1. The largest absolute Gasteiger partial charge is 0.375 e. The van der Waals surface area contributed by atoms with E-state index in [9.17, 15) is 0 Å². The van der Waals surface area contributed by atoms with Crippen LogP contribution in [0.15, 0.2) is 22.9 Å². The Labute approximate surface area is 88.8 Å². The third-order valence-corrected chi connectivity index (χ3v) is 2.86. The van der Waals surface area contributed by atoms with Gasteiger partial charge in [-0.1, -0.05) is 6.07 Å². The van der Waals surface area contributed by atoms with Gasteiger partial charge >= 0.3 is 0 Å². The summed E-state index contributed by atoms with van der Waals surface area (Å²) >= 11 is 3.15. The fourth-order valence-electron chi connectivity index (χ4n) is 0.825. The topological polar surface area (TPSA) is 38.9 Å². The fourth-order valence-corrected chi connectivity index (χ4v) is 2.15. The highest BCUT2D eigenvalue weighted by Crippen LogP contribution is 2.26. The monoisotopic (exact) mass is 262 g/mol. The van der Waals surface area contributed by atoms with Gasteiger partial charge in [-0.05, 0) is 11.4 Å². The molecule has 2 aromatic rings. The van der Waals surface area contributed by atoms with Gasteiger partial charge in [-0.3, -0.25) is 0 Å². The first-order valence-corrected chi connectivity index (χ1v) is 4.87. The number of nitrogen functional groups attached to an aromatic ring is 1. The lowest BCUT2D eigenvalue weighted by atomic mass is 10.4. The summed E-state index contributed by atoms with van der Waals surface area (Å²) in [6.07, 6.45) is 0. The molecule has 0 radical (unpaired) electrons. The molecule has 2 nitrogen and oxygen atoms in total. The summed E-state index contributed by atoms with van der Waals surface area (Å²) in [6.45, 7) is 0. The molecule has 0 aliphatic carbocycles. The van der Waals surface area contributed by atoms with Gasteiger partial charge < -0.3 is 5.73 Å². The molecule has 0 amide bonds. The second kappa shape index (κ2) is 4.02. The van der Waals surface area contributed by atoms with Crippen molar-refractivity contribution in [2.75, 3.05) is 5.73 Å². The first-order valence-electron chi connectivity index (χ1n) is 3.11. The summed E-state index contributed by atoms with van der Waals surface area (Å²) in [4.78, 5) is 5.34. The number of aromatic nitrogens is 1. The van der Waals surface area contributed by atoms with Crippen LogP contribution in [0.2, 0.25) is 0 Å². The summed E-state index contributed by atoms with van der Waals surface area (Å²) in [5.41, 5.74) is 6.49. The SMILES string of the molecule is Br.Nc1nc(-c2cccs2)cs1. The van der Waals surface area contributed by atoms with Gasteiger partial charge in [0.2, 0.25) is 0 Å². The third kappa shape index (κ3) is 1.85. The minimum atomic E-state index is 0. The molecule has 0 aromatic carbocycles. The third-order valence-electron chi connectivity index (χ3n) is 1.30. The Kier molecular flexibility index (Phi) is 3.25. The molecule has 64 valence electrons. The smallest absolute Gasteiger partial charge is 0.180 e. The first kappa shape index (κ1) is 9.70. The van der Waals surface area contributed by atoms with Gasteiger partial charge in [0, 0.05) is 5.38 Å². The van der Waals surface area contributed by atoms with Crippen molar-refractivity contribution in [1.82, 2.24) is 4.98 Å². The number of nitrogens with two attached hydrogens (primary N) is 1. The zero-order valence-corrected chi connectivity index (χ0v) is 9.40. The molecular formula is C7H7BrN2S2. The summed E-state index contributed by atoms with van der Waals surface area (Å²) < 4.78 is 0. The van der Waals surface area contributed by atoms with E-state index in [0.29, 0.717) is 5.13 Å². The molecule has 0 unspecified atom stereocenters. The minimum Gasteiger partial charge on any atom is -0.375 e. The van der Waals surface area contributed by atoms with Crippen LogP contribution in [0.1, 0.15) is 0 Å². The van der Waals surface area contributed by atoms with E-state index < -0.39 is 0 Å². The molecule has 2 aromatic heterocycles. The Bertz CT molecular complexity index is 342. The van der Waals surface area contributed by atoms with E-state index in [0.717, 1.165) is 5.69 Å². The molecule has 0 aliphatic heterocycles. The molecule has 0 atom stereocenters. The quantitative estimate of drug-likeness (QED) is 0.858. The normalized spacial score (nSPS) is 9.33. The van der Waals surface area contributed by atoms with E-state index in [1.165, 1.54) is 16.2 Å². The Morgan fingerprint density at radius 3 is 2.67 bits per heavy atom. The van der Waals surface area contributed by atoms with Crippen LogP contribution in [0.3, 0.4) is 0 Å². The number of nitrogens with zero attached hydrogens (tertiary/aromatic N) is 1. The minimum absolute atomic E-state index is 0. The van der Waals surface area contributed by atoms with Gasteiger partial charge in [0.25, 0.3) is 0 Å². The molecule has 2 N–H and O–H groups in total. The lowest BCUT2D eigenvalue weighted by molar-refractivity contribution is 1.43. The van der Waals surface area contributed by atoms with Crippen LogP contribution < -0.4 is 5.73 Å². The molecule has 2 rings (SSSR count). The maximum Gasteiger partial charge on any atom is 0.180 e. The lowest BCUT2D eigenvalue weighted by Gasteiger charge is -1.84. The molecule has 0 bridgehead atoms. The number of thiazole rings is 1. The van der Waals surface area contributed by atoms with Gasteiger partial charge in [-0.25, -0.2) is 4.98 Å². The van der Waals surface area contributed by atoms with Crippen molar-refractivity contribution in [3.8, 4) is 10.6 Å². The Morgan fingerprint density at radius 2 is 2.17 bits per heavy atom. The average Bonchev–Trinajstić information content (AvgIpc) is 2.55. The van der Waals surface area contributed by atoms with Crippen LogP contribution in [-0.2, 0) is 0 Å². The molecular weight excluding hydrogens is 256 g/mol. The summed E-state index contributed by atoms with van der Waals surface area (Å²) in [6, 6.07) is 4.05. The van der Waals surface area contributed by atoms with Crippen molar-refractivity contribution < 1.29 is 0 Å². The van der Waals surface area contributed by atoms with Crippen LogP contribution in [-0.4, -0.2) is 4.98 Å². The molecule has 5 heteroatoms. The molecule has 0 saturated carbocycles. The molecule has 0 spiro atoms. The number of hydrogen-bond donors (Lipinski definition) is 1. The van der Waals surface area contributed by atoms with Crippen LogP contribution in [0.5, 0.6) is 0 Å². The summed E-state index contributed by atoms with van der Waals surface area (Å²) in [5.74, 6) is 0. The Morgan fingerprint density at radius 1 is 1.33 bits per heavy atom. The molecule has 12 heavy (non-hydrogen) atoms. The van der Waals surface area contributed by atoms with Crippen LogP contribution >= 0.6 is 39.7 Å². The van der Waals surface area contributed by atoms with Crippen molar-refractivity contribution in [3.63, 3.8) is 0 Å². The van der Waals surface area contributed by atoms with E-state index in [4.69, 9.17) is 5.73 Å². The van der Waals surface area contributed by atoms with Crippen LogP contribution in [0.25, 0.3) is 10.6 Å². The van der Waals surface area contributed by atoms with E-state index in [2.05, 4.69) is 4.98 Å². The number of anilines is 1. The predicted molar refractivity (Wildman–Crippen MR) is 60.2 cm³/mol. The summed E-state index contributed by atoms with van der Waals surface area (Å²) in [5, 5.41) is 4.64. The second-order valence-corrected chi connectivity index (χ2v) is 3.89. The van der Waals surface area contributed by atoms with Gasteiger partial charge in [-0.15, -0.1) is 39.7 Å². The lowest BCUT2D eigenvalue weighted by Crippen LogP contribution is -1.80.